The van der Waals surface area contributed by atoms with Crippen LogP contribution in [0.5, 0.6) is 0 Å². The van der Waals surface area contributed by atoms with Crippen LogP contribution in [0, 0.1) is 5.95 Å². The van der Waals surface area contributed by atoms with Gasteiger partial charge in [-0.05, 0) is 15.9 Å². The van der Waals surface area contributed by atoms with Crippen LogP contribution >= 0.6 is 32.9 Å². The standard InChI is InChI=1S/C7H7BrFN3O.BrH/c1-11-7(13)4-5(10)3(8)2-12-6(4)9;/h2H,1H3,(H2,10,12)(H,11,13);1H. The van der Waals surface area contributed by atoms with Crippen molar-refractivity contribution in [2.75, 3.05) is 12.8 Å². The molecule has 0 bridgehead atoms. The lowest BCUT2D eigenvalue weighted by molar-refractivity contribution is 0.0959. The SMILES string of the molecule is Br.CNC(=O)c1c(F)ncc(Br)c1N. The van der Waals surface area contributed by atoms with E-state index in [9.17, 15) is 9.18 Å². The molecule has 0 radical (unpaired) electrons. The number of hydrogen-bond acceptors (Lipinski definition) is 3. The molecule has 1 rings (SSSR count). The summed E-state index contributed by atoms with van der Waals surface area (Å²) in [7, 11) is 1.39. The van der Waals surface area contributed by atoms with Gasteiger partial charge in [0.1, 0.15) is 5.56 Å². The summed E-state index contributed by atoms with van der Waals surface area (Å²) in [5.41, 5.74) is 5.28. The molecule has 14 heavy (non-hydrogen) atoms. The third kappa shape index (κ3) is 2.42. The van der Waals surface area contributed by atoms with Gasteiger partial charge in [0.2, 0.25) is 5.95 Å². The molecule has 1 aromatic heterocycles. The zero-order valence-electron chi connectivity index (χ0n) is 7.17. The van der Waals surface area contributed by atoms with Crippen LogP contribution in [0.25, 0.3) is 0 Å². The molecule has 0 aromatic carbocycles. The number of amides is 1. The average molecular weight is 329 g/mol. The summed E-state index contributed by atoms with van der Waals surface area (Å²) < 4.78 is 13.4. The van der Waals surface area contributed by atoms with Gasteiger partial charge < -0.3 is 11.1 Å². The monoisotopic (exact) mass is 327 g/mol. The normalized spacial score (nSPS) is 9.07. The van der Waals surface area contributed by atoms with Crippen molar-refractivity contribution in [2.24, 2.45) is 0 Å². The quantitative estimate of drug-likeness (QED) is 0.768. The van der Waals surface area contributed by atoms with E-state index in [1.165, 1.54) is 13.2 Å². The number of pyridine rings is 1. The molecule has 1 aromatic rings. The molecular formula is C7H8Br2FN3O. The van der Waals surface area contributed by atoms with Crippen LogP contribution in [0.15, 0.2) is 10.7 Å². The smallest absolute Gasteiger partial charge is 0.257 e. The van der Waals surface area contributed by atoms with E-state index < -0.39 is 11.9 Å². The second kappa shape index (κ2) is 5.26. The maximum absolute atomic E-state index is 13.0. The van der Waals surface area contributed by atoms with E-state index in [0.29, 0.717) is 4.47 Å². The first kappa shape index (κ1) is 13.3. The van der Waals surface area contributed by atoms with Gasteiger partial charge >= 0.3 is 0 Å². The van der Waals surface area contributed by atoms with Crippen LogP contribution < -0.4 is 11.1 Å². The van der Waals surface area contributed by atoms with E-state index in [1.807, 2.05) is 0 Å². The molecule has 4 nitrogen and oxygen atoms in total. The summed E-state index contributed by atoms with van der Waals surface area (Å²) in [4.78, 5) is 14.5. The van der Waals surface area contributed by atoms with Crippen LogP contribution in [-0.4, -0.2) is 17.9 Å². The highest BCUT2D eigenvalue weighted by Crippen LogP contribution is 2.23. The zero-order valence-corrected chi connectivity index (χ0v) is 10.5. The minimum absolute atomic E-state index is 0. The van der Waals surface area contributed by atoms with Gasteiger partial charge in [-0.2, -0.15) is 4.39 Å². The summed E-state index contributed by atoms with van der Waals surface area (Å²) in [6, 6.07) is 0. The fourth-order valence-corrected chi connectivity index (χ4v) is 1.12. The molecule has 0 atom stereocenters. The Bertz CT molecular complexity index is 359. The van der Waals surface area contributed by atoms with Crippen molar-refractivity contribution in [2.45, 2.75) is 0 Å². The van der Waals surface area contributed by atoms with Crippen molar-refractivity contribution < 1.29 is 9.18 Å². The fraction of sp³-hybridized carbons (Fsp3) is 0.143. The fourth-order valence-electron chi connectivity index (χ4n) is 0.819. The Morgan fingerprint density at radius 1 is 1.71 bits per heavy atom. The third-order valence-corrected chi connectivity index (χ3v) is 2.11. The number of nitrogens with two attached hydrogens (primary N) is 1. The number of aromatic nitrogens is 1. The molecule has 0 aliphatic heterocycles. The first-order valence-corrected chi connectivity index (χ1v) is 4.18. The van der Waals surface area contributed by atoms with Crippen LogP contribution in [0.4, 0.5) is 10.1 Å². The molecule has 0 saturated carbocycles. The Morgan fingerprint density at radius 2 is 2.29 bits per heavy atom. The Morgan fingerprint density at radius 3 is 2.79 bits per heavy atom. The Labute approximate surface area is 99.0 Å². The third-order valence-electron chi connectivity index (χ3n) is 1.48. The molecule has 0 fully saturated rings. The summed E-state index contributed by atoms with van der Waals surface area (Å²) in [6.07, 6.45) is 1.21. The number of hydrogen-bond donors (Lipinski definition) is 2. The summed E-state index contributed by atoms with van der Waals surface area (Å²) in [6.45, 7) is 0. The number of halogens is 3. The lowest BCUT2D eigenvalue weighted by Gasteiger charge is -2.05. The number of nitrogens with zero attached hydrogens (tertiary/aromatic N) is 1. The Hall–Kier alpha value is -0.690. The molecule has 0 aliphatic rings. The molecule has 0 saturated heterocycles. The van der Waals surface area contributed by atoms with Crippen molar-refractivity contribution in [3.8, 4) is 0 Å². The van der Waals surface area contributed by atoms with E-state index >= 15 is 0 Å². The molecule has 1 amide bonds. The van der Waals surface area contributed by atoms with Crippen LogP contribution in [0.3, 0.4) is 0 Å². The van der Waals surface area contributed by atoms with Crippen molar-refractivity contribution in [1.29, 1.82) is 0 Å². The lowest BCUT2D eigenvalue weighted by Crippen LogP contribution is -2.21. The highest BCUT2D eigenvalue weighted by Gasteiger charge is 2.17. The lowest BCUT2D eigenvalue weighted by atomic mass is 10.2. The average Bonchev–Trinajstić information content (AvgIpc) is 2.12. The number of nitrogen functional groups attached to an aromatic ring is 1. The number of rotatable bonds is 1. The van der Waals surface area contributed by atoms with E-state index in [-0.39, 0.29) is 28.2 Å². The molecule has 7 heteroatoms. The zero-order chi connectivity index (χ0) is 10.0. The molecule has 1 heterocycles. The Kier molecular flexibility index (Phi) is 5.00. The van der Waals surface area contributed by atoms with Gasteiger partial charge in [0.25, 0.3) is 5.91 Å². The van der Waals surface area contributed by atoms with Gasteiger partial charge in [-0.3, -0.25) is 4.79 Å². The van der Waals surface area contributed by atoms with Gasteiger partial charge in [-0.25, -0.2) is 4.98 Å². The summed E-state index contributed by atoms with van der Waals surface area (Å²) in [5.74, 6) is -1.47. The van der Waals surface area contributed by atoms with Crippen molar-refractivity contribution in [3.63, 3.8) is 0 Å². The predicted octanol–water partition coefficient (Wildman–Crippen LogP) is 1.50. The molecule has 0 spiro atoms. The second-order valence-electron chi connectivity index (χ2n) is 2.26. The molecule has 3 N–H and O–H groups in total. The van der Waals surface area contributed by atoms with Crippen LogP contribution in [-0.2, 0) is 0 Å². The molecule has 78 valence electrons. The van der Waals surface area contributed by atoms with Gasteiger partial charge in [-0.1, -0.05) is 0 Å². The first-order valence-electron chi connectivity index (χ1n) is 3.39. The topological polar surface area (TPSA) is 68.0 Å². The number of anilines is 1. The first-order chi connectivity index (χ1) is 6.07. The van der Waals surface area contributed by atoms with Crippen molar-refractivity contribution in [3.05, 3.63) is 22.2 Å². The van der Waals surface area contributed by atoms with E-state index in [2.05, 4.69) is 26.2 Å². The predicted molar refractivity (Wildman–Crippen MR) is 60.0 cm³/mol. The Balaban J connectivity index is 0.00000169. The van der Waals surface area contributed by atoms with Gasteiger partial charge in [0.15, 0.2) is 0 Å². The maximum atomic E-state index is 13.0. The van der Waals surface area contributed by atoms with E-state index in [0.717, 1.165) is 0 Å². The molecule has 0 aliphatic carbocycles. The highest BCUT2D eigenvalue weighted by atomic mass is 79.9. The van der Waals surface area contributed by atoms with Gasteiger partial charge in [0, 0.05) is 13.2 Å². The minimum atomic E-state index is -0.875. The number of nitrogens with one attached hydrogen (secondary N) is 1. The van der Waals surface area contributed by atoms with Gasteiger partial charge in [0.05, 0.1) is 10.2 Å². The van der Waals surface area contributed by atoms with E-state index in [1.54, 1.807) is 0 Å². The maximum Gasteiger partial charge on any atom is 0.257 e. The second-order valence-corrected chi connectivity index (χ2v) is 3.12. The van der Waals surface area contributed by atoms with Crippen molar-refractivity contribution in [1.82, 2.24) is 10.3 Å². The molecular weight excluding hydrogens is 321 g/mol. The summed E-state index contributed by atoms with van der Waals surface area (Å²) in [5, 5.41) is 2.27. The minimum Gasteiger partial charge on any atom is -0.397 e. The van der Waals surface area contributed by atoms with Crippen molar-refractivity contribution >= 4 is 44.5 Å². The van der Waals surface area contributed by atoms with Crippen LogP contribution in [0.2, 0.25) is 0 Å². The largest absolute Gasteiger partial charge is 0.397 e. The highest BCUT2D eigenvalue weighted by molar-refractivity contribution is 9.10. The summed E-state index contributed by atoms with van der Waals surface area (Å²) >= 11 is 3.04. The number of carbonyl (C=O) groups is 1. The van der Waals surface area contributed by atoms with Gasteiger partial charge in [-0.15, -0.1) is 17.0 Å². The molecule has 0 unspecified atom stereocenters. The van der Waals surface area contributed by atoms with E-state index in [4.69, 9.17) is 5.73 Å². The van der Waals surface area contributed by atoms with Crippen LogP contribution in [0.1, 0.15) is 10.4 Å². The number of carbonyl (C=O) groups excluding carboxylic acids is 1.